The third-order valence-electron chi connectivity index (χ3n) is 3.22. The van der Waals surface area contributed by atoms with Gasteiger partial charge in [-0.05, 0) is 48.4 Å². The second-order valence-corrected chi connectivity index (χ2v) is 4.92. The number of ether oxygens (including phenoxy) is 2. The highest BCUT2D eigenvalue weighted by molar-refractivity contribution is 6.02. The van der Waals surface area contributed by atoms with Gasteiger partial charge < -0.3 is 14.8 Å². The van der Waals surface area contributed by atoms with Crippen molar-refractivity contribution in [2.75, 3.05) is 19.5 Å². The minimum Gasteiger partial charge on any atom is -0.495 e. The van der Waals surface area contributed by atoms with Gasteiger partial charge in [-0.3, -0.25) is 4.79 Å². The number of aryl methyl sites for hydroxylation is 1. The van der Waals surface area contributed by atoms with Gasteiger partial charge in [0.05, 0.1) is 19.9 Å². The molecule has 0 saturated heterocycles. The predicted octanol–water partition coefficient (Wildman–Crippen LogP) is 3.80. The van der Waals surface area contributed by atoms with Crippen molar-refractivity contribution in [3.05, 3.63) is 59.4 Å². The molecule has 0 fully saturated rings. The van der Waals surface area contributed by atoms with E-state index in [1.165, 1.54) is 38.5 Å². The maximum atomic E-state index is 13.6. The third-order valence-corrected chi connectivity index (χ3v) is 3.22. The molecule has 0 aliphatic carbocycles. The molecule has 2 aromatic carbocycles. The first-order valence-electron chi connectivity index (χ1n) is 7.00. The number of benzene rings is 2. The largest absolute Gasteiger partial charge is 0.495 e. The Labute approximate surface area is 134 Å². The van der Waals surface area contributed by atoms with Gasteiger partial charge in [0.1, 0.15) is 5.75 Å². The van der Waals surface area contributed by atoms with E-state index in [2.05, 4.69) is 5.32 Å². The van der Waals surface area contributed by atoms with Gasteiger partial charge in [0.15, 0.2) is 11.6 Å². The van der Waals surface area contributed by atoms with Crippen molar-refractivity contribution in [2.45, 2.75) is 6.92 Å². The minimum atomic E-state index is -0.476. The summed E-state index contributed by atoms with van der Waals surface area (Å²) in [6.45, 7) is 1.92. The van der Waals surface area contributed by atoms with E-state index in [4.69, 9.17) is 9.47 Å². The van der Waals surface area contributed by atoms with Crippen LogP contribution in [0.5, 0.6) is 11.5 Å². The number of carbonyl (C=O) groups excluding carboxylic acids is 1. The van der Waals surface area contributed by atoms with Crippen LogP contribution in [-0.4, -0.2) is 20.1 Å². The SMILES string of the molecule is COc1ccc(C=CC(=O)Nc2cc(C)ccc2OC)cc1F. The van der Waals surface area contributed by atoms with Crippen molar-refractivity contribution >= 4 is 17.7 Å². The molecule has 2 rings (SSSR count). The number of amides is 1. The summed E-state index contributed by atoms with van der Waals surface area (Å²) in [5.74, 6) is -0.0653. The van der Waals surface area contributed by atoms with Crippen LogP contribution >= 0.6 is 0 Å². The summed E-state index contributed by atoms with van der Waals surface area (Å²) in [4.78, 5) is 12.0. The molecule has 2 aromatic rings. The fourth-order valence-corrected chi connectivity index (χ4v) is 2.05. The Morgan fingerprint density at radius 2 is 1.78 bits per heavy atom. The molecule has 0 atom stereocenters. The molecule has 120 valence electrons. The number of methoxy groups -OCH3 is 2. The van der Waals surface area contributed by atoms with Crippen LogP contribution in [0.3, 0.4) is 0 Å². The molecular formula is C18H18FNO3. The number of halogens is 1. The zero-order chi connectivity index (χ0) is 16.8. The zero-order valence-electron chi connectivity index (χ0n) is 13.2. The Morgan fingerprint density at radius 1 is 1.09 bits per heavy atom. The average molecular weight is 315 g/mol. The number of nitrogens with one attached hydrogen (secondary N) is 1. The summed E-state index contributed by atoms with van der Waals surface area (Å²) < 4.78 is 23.6. The molecule has 5 heteroatoms. The van der Waals surface area contributed by atoms with Crippen molar-refractivity contribution in [1.29, 1.82) is 0 Å². The highest BCUT2D eigenvalue weighted by Crippen LogP contribution is 2.25. The van der Waals surface area contributed by atoms with Gasteiger partial charge in [-0.15, -0.1) is 0 Å². The fraction of sp³-hybridized carbons (Fsp3) is 0.167. The number of hydrogen-bond donors (Lipinski definition) is 1. The maximum absolute atomic E-state index is 13.6. The van der Waals surface area contributed by atoms with Crippen molar-refractivity contribution in [2.24, 2.45) is 0 Å². The Balaban J connectivity index is 2.10. The maximum Gasteiger partial charge on any atom is 0.248 e. The lowest BCUT2D eigenvalue weighted by atomic mass is 10.2. The van der Waals surface area contributed by atoms with E-state index in [0.717, 1.165) is 5.56 Å². The van der Waals surface area contributed by atoms with Crippen LogP contribution in [0, 0.1) is 12.7 Å². The average Bonchev–Trinajstić information content (AvgIpc) is 2.53. The number of anilines is 1. The normalized spacial score (nSPS) is 10.6. The molecule has 0 radical (unpaired) electrons. The monoisotopic (exact) mass is 315 g/mol. The van der Waals surface area contributed by atoms with E-state index in [-0.39, 0.29) is 11.7 Å². The fourth-order valence-electron chi connectivity index (χ4n) is 2.05. The standard InChI is InChI=1S/C18H18FNO3/c1-12-4-7-17(23-3)15(10-12)20-18(21)9-6-13-5-8-16(22-2)14(19)11-13/h4-11H,1-3H3,(H,20,21). The Hall–Kier alpha value is -2.82. The second-order valence-electron chi connectivity index (χ2n) is 4.92. The van der Waals surface area contributed by atoms with Gasteiger partial charge in [0.25, 0.3) is 0 Å². The van der Waals surface area contributed by atoms with E-state index in [1.54, 1.807) is 12.1 Å². The first-order valence-corrected chi connectivity index (χ1v) is 7.00. The van der Waals surface area contributed by atoms with E-state index in [1.807, 2.05) is 19.1 Å². The molecule has 0 bridgehead atoms. The topological polar surface area (TPSA) is 47.6 Å². The molecule has 0 saturated carbocycles. The number of hydrogen-bond acceptors (Lipinski definition) is 3. The van der Waals surface area contributed by atoms with Crippen LogP contribution in [0.15, 0.2) is 42.5 Å². The van der Waals surface area contributed by atoms with Crippen LogP contribution in [-0.2, 0) is 4.79 Å². The summed E-state index contributed by atoms with van der Waals surface area (Å²) in [5.41, 5.74) is 2.15. The lowest BCUT2D eigenvalue weighted by molar-refractivity contribution is -0.111. The quantitative estimate of drug-likeness (QED) is 0.854. The first-order chi connectivity index (χ1) is 11.0. The summed E-state index contributed by atoms with van der Waals surface area (Å²) in [6, 6.07) is 9.97. The van der Waals surface area contributed by atoms with Crippen molar-refractivity contribution < 1.29 is 18.7 Å². The molecular weight excluding hydrogens is 297 g/mol. The highest BCUT2D eigenvalue weighted by atomic mass is 19.1. The second kappa shape index (κ2) is 7.45. The first kappa shape index (κ1) is 16.5. The van der Waals surface area contributed by atoms with Gasteiger partial charge in [0.2, 0.25) is 5.91 Å². The number of rotatable bonds is 5. The summed E-state index contributed by atoms with van der Waals surface area (Å²) in [6.07, 6.45) is 2.86. The van der Waals surface area contributed by atoms with Crippen LogP contribution in [0.4, 0.5) is 10.1 Å². The predicted molar refractivity (Wildman–Crippen MR) is 88.3 cm³/mol. The van der Waals surface area contributed by atoms with Gasteiger partial charge in [0, 0.05) is 6.08 Å². The lowest BCUT2D eigenvalue weighted by Gasteiger charge is -2.09. The van der Waals surface area contributed by atoms with Crippen LogP contribution in [0.1, 0.15) is 11.1 Å². The van der Waals surface area contributed by atoms with Gasteiger partial charge in [-0.1, -0.05) is 12.1 Å². The summed E-state index contributed by atoms with van der Waals surface area (Å²) in [5, 5.41) is 2.74. The molecule has 0 unspecified atom stereocenters. The minimum absolute atomic E-state index is 0.163. The molecule has 4 nitrogen and oxygen atoms in total. The molecule has 23 heavy (non-hydrogen) atoms. The van der Waals surface area contributed by atoms with Crippen LogP contribution < -0.4 is 14.8 Å². The molecule has 0 aliphatic heterocycles. The molecule has 0 heterocycles. The molecule has 0 aromatic heterocycles. The van der Waals surface area contributed by atoms with Gasteiger partial charge in [-0.25, -0.2) is 4.39 Å². The zero-order valence-corrected chi connectivity index (χ0v) is 13.2. The van der Waals surface area contributed by atoms with E-state index >= 15 is 0 Å². The Kier molecular flexibility index (Phi) is 5.36. The smallest absolute Gasteiger partial charge is 0.248 e. The van der Waals surface area contributed by atoms with Crippen molar-refractivity contribution in [3.63, 3.8) is 0 Å². The van der Waals surface area contributed by atoms with Crippen molar-refractivity contribution in [1.82, 2.24) is 0 Å². The Morgan fingerprint density at radius 3 is 2.43 bits per heavy atom. The molecule has 1 amide bonds. The number of carbonyl (C=O) groups is 1. The van der Waals surface area contributed by atoms with Crippen LogP contribution in [0.2, 0.25) is 0 Å². The van der Waals surface area contributed by atoms with E-state index in [0.29, 0.717) is 17.0 Å². The Bertz CT molecular complexity index is 741. The van der Waals surface area contributed by atoms with Crippen molar-refractivity contribution in [3.8, 4) is 11.5 Å². The molecule has 0 aliphatic rings. The highest BCUT2D eigenvalue weighted by Gasteiger charge is 2.06. The summed E-state index contributed by atoms with van der Waals surface area (Å²) >= 11 is 0. The molecule has 1 N–H and O–H groups in total. The van der Waals surface area contributed by atoms with E-state index < -0.39 is 5.82 Å². The lowest BCUT2D eigenvalue weighted by Crippen LogP contribution is -2.09. The summed E-state index contributed by atoms with van der Waals surface area (Å²) in [7, 11) is 2.94. The van der Waals surface area contributed by atoms with Crippen LogP contribution in [0.25, 0.3) is 6.08 Å². The van der Waals surface area contributed by atoms with Gasteiger partial charge >= 0.3 is 0 Å². The van der Waals surface area contributed by atoms with E-state index in [9.17, 15) is 9.18 Å². The molecule has 0 spiro atoms. The third kappa shape index (κ3) is 4.32. The van der Waals surface area contributed by atoms with Gasteiger partial charge in [-0.2, -0.15) is 0 Å².